The van der Waals surface area contributed by atoms with Gasteiger partial charge in [0, 0.05) is 0 Å². The van der Waals surface area contributed by atoms with E-state index in [1.807, 2.05) is 36.4 Å². The van der Waals surface area contributed by atoms with E-state index in [2.05, 4.69) is 45.0 Å². The molecule has 0 aliphatic carbocycles. The maximum Gasteiger partial charge on any atom is 0.298 e. The number of rotatable bonds is 7. The Morgan fingerprint density at radius 2 is 1.47 bits per heavy atom. The van der Waals surface area contributed by atoms with Crippen LogP contribution in [-0.4, -0.2) is 58.0 Å². The van der Waals surface area contributed by atoms with Crippen molar-refractivity contribution in [2.75, 3.05) is 26.4 Å². The van der Waals surface area contributed by atoms with Gasteiger partial charge in [-0.25, -0.2) is 8.78 Å². The number of aliphatic hydroxyl groups is 1. The lowest BCUT2D eigenvalue weighted by Gasteiger charge is -2.44. The van der Waals surface area contributed by atoms with E-state index in [0.29, 0.717) is 0 Å². The van der Waals surface area contributed by atoms with Crippen molar-refractivity contribution in [1.82, 2.24) is 0 Å². The molecule has 0 bridgehead atoms. The van der Waals surface area contributed by atoms with Gasteiger partial charge < -0.3 is 19.0 Å². The number of hydrogen-bond acceptors (Lipinski definition) is 4. The van der Waals surface area contributed by atoms with E-state index in [-0.39, 0.29) is 24.9 Å². The molecule has 0 amide bonds. The molecule has 1 fully saturated rings. The van der Waals surface area contributed by atoms with Crippen molar-refractivity contribution < 1.29 is 27.8 Å². The average molecular weight is 437 g/mol. The maximum absolute atomic E-state index is 13.7. The zero-order chi connectivity index (χ0) is 21.8. The molecule has 2 aromatic carbocycles. The second-order valence-electron chi connectivity index (χ2n) is 8.67. The van der Waals surface area contributed by atoms with E-state index in [4.69, 9.17) is 19.0 Å². The van der Waals surface area contributed by atoms with Gasteiger partial charge in [-0.2, -0.15) is 0 Å². The molecule has 0 spiro atoms. The van der Waals surface area contributed by atoms with Crippen molar-refractivity contribution in [2.24, 2.45) is 0 Å². The van der Waals surface area contributed by atoms with Gasteiger partial charge in [-0.05, 0) is 15.4 Å². The van der Waals surface area contributed by atoms with Crippen molar-refractivity contribution in [2.45, 2.75) is 43.9 Å². The zero-order valence-electron chi connectivity index (χ0n) is 17.7. The fraction of sp³-hybridized carbons (Fsp3) is 0.478. The second kappa shape index (κ2) is 9.24. The van der Waals surface area contributed by atoms with Gasteiger partial charge in [-0.15, -0.1) is 0 Å². The summed E-state index contributed by atoms with van der Waals surface area (Å²) in [6.07, 6.45) is -1.89. The summed E-state index contributed by atoms with van der Waals surface area (Å²) in [6.45, 7) is 5.23. The lowest BCUT2D eigenvalue weighted by Crippen LogP contribution is -2.67. The highest BCUT2D eigenvalue weighted by atomic mass is 28.4. The first-order valence-corrected chi connectivity index (χ1v) is 12.1. The molecule has 1 N–H and O–H groups in total. The van der Waals surface area contributed by atoms with E-state index in [9.17, 15) is 8.78 Å². The van der Waals surface area contributed by atoms with Crippen LogP contribution in [0, 0.1) is 0 Å². The fourth-order valence-corrected chi connectivity index (χ4v) is 8.56. The van der Waals surface area contributed by atoms with Crippen molar-refractivity contribution in [1.29, 1.82) is 0 Å². The second-order valence-corrected chi connectivity index (χ2v) is 13.0. The molecule has 30 heavy (non-hydrogen) atoms. The summed E-state index contributed by atoms with van der Waals surface area (Å²) in [5, 5.41) is 11.0. The number of alkyl halides is 2. The van der Waals surface area contributed by atoms with E-state index in [1.165, 1.54) is 0 Å². The molecule has 3 rings (SSSR count). The molecule has 4 nitrogen and oxygen atoms in total. The summed E-state index contributed by atoms with van der Waals surface area (Å²) in [5.41, 5.74) is 0. The molecular formula is C23H30F2O4Si. The third-order valence-electron chi connectivity index (χ3n) is 5.55. The molecule has 0 radical (unpaired) electrons. The highest BCUT2D eigenvalue weighted by Gasteiger charge is 2.51. The first-order chi connectivity index (χ1) is 14.2. The van der Waals surface area contributed by atoms with Gasteiger partial charge in [0.15, 0.2) is 0 Å². The normalized spacial score (nSPS) is 20.9. The summed E-state index contributed by atoms with van der Waals surface area (Å²) in [7, 11) is -2.72. The molecule has 0 saturated carbocycles. The van der Waals surface area contributed by atoms with Gasteiger partial charge in [0.1, 0.15) is 18.8 Å². The van der Waals surface area contributed by atoms with Gasteiger partial charge in [0.05, 0.1) is 19.8 Å². The first-order valence-electron chi connectivity index (χ1n) is 10.2. The third kappa shape index (κ3) is 4.65. The van der Waals surface area contributed by atoms with Crippen molar-refractivity contribution in [3.63, 3.8) is 0 Å². The van der Waals surface area contributed by atoms with E-state index in [1.54, 1.807) is 0 Å². The summed E-state index contributed by atoms with van der Waals surface area (Å²) in [5.74, 6) is -3.32. The van der Waals surface area contributed by atoms with Gasteiger partial charge in [0.2, 0.25) is 0 Å². The lowest BCUT2D eigenvalue weighted by atomic mass is 10.2. The molecule has 2 unspecified atom stereocenters. The SMILES string of the molecule is CC(C)(C)[Si](OCC1COC(C(F)(F)CO)CO1)(c1ccccc1)c1ccccc1. The Bertz CT molecular complexity index is 748. The van der Waals surface area contributed by atoms with E-state index >= 15 is 0 Å². The minimum atomic E-state index is -3.32. The van der Waals surface area contributed by atoms with Crippen LogP contribution < -0.4 is 10.4 Å². The fourth-order valence-electron chi connectivity index (χ4n) is 3.96. The molecule has 1 saturated heterocycles. The number of aliphatic hydroxyl groups excluding tert-OH is 1. The Morgan fingerprint density at radius 3 is 1.87 bits per heavy atom. The van der Waals surface area contributed by atoms with Crippen LogP contribution in [0.3, 0.4) is 0 Å². The summed E-state index contributed by atoms with van der Waals surface area (Å²) in [4.78, 5) is 0. The number of hydrogen-bond donors (Lipinski definition) is 1. The summed E-state index contributed by atoms with van der Waals surface area (Å²) < 4.78 is 45.0. The van der Waals surface area contributed by atoms with Crippen LogP contribution in [-0.2, 0) is 13.9 Å². The monoisotopic (exact) mass is 436 g/mol. The van der Waals surface area contributed by atoms with E-state index < -0.39 is 33.1 Å². The van der Waals surface area contributed by atoms with Gasteiger partial charge in [-0.1, -0.05) is 81.4 Å². The smallest absolute Gasteiger partial charge is 0.298 e. The Labute approximate surface area is 177 Å². The maximum atomic E-state index is 13.7. The molecule has 1 heterocycles. The molecular weight excluding hydrogens is 406 g/mol. The number of halogens is 2. The van der Waals surface area contributed by atoms with Crippen LogP contribution >= 0.6 is 0 Å². The predicted octanol–water partition coefficient (Wildman–Crippen LogP) is 2.97. The zero-order valence-corrected chi connectivity index (χ0v) is 18.7. The molecule has 1 aliphatic rings. The van der Waals surface area contributed by atoms with E-state index in [0.717, 1.165) is 10.4 Å². The minimum absolute atomic E-state index is 0.00153. The van der Waals surface area contributed by atoms with Crippen molar-refractivity contribution >= 4 is 18.7 Å². The van der Waals surface area contributed by atoms with Crippen LogP contribution in [0.1, 0.15) is 20.8 Å². The van der Waals surface area contributed by atoms with Crippen LogP contribution in [0.15, 0.2) is 60.7 Å². The van der Waals surface area contributed by atoms with Crippen LogP contribution in [0.4, 0.5) is 8.78 Å². The van der Waals surface area contributed by atoms with Gasteiger partial charge >= 0.3 is 0 Å². The minimum Gasteiger partial charge on any atom is -0.405 e. The molecule has 164 valence electrons. The third-order valence-corrected chi connectivity index (χ3v) is 10.6. The summed E-state index contributed by atoms with van der Waals surface area (Å²) >= 11 is 0. The number of benzene rings is 2. The topological polar surface area (TPSA) is 47.9 Å². The highest BCUT2D eigenvalue weighted by Crippen LogP contribution is 2.37. The first kappa shape index (κ1) is 23.0. The molecule has 2 atom stereocenters. The molecule has 2 aromatic rings. The van der Waals surface area contributed by atoms with Crippen LogP contribution in [0.25, 0.3) is 0 Å². The van der Waals surface area contributed by atoms with Crippen molar-refractivity contribution in [3.05, 3.63) is 60.7 Å². The average Bonchev–Trinajstić information content (AvgIpc) is 2.75. The summed E-state index contributed by atoms with van der Waals surface area (Å²) in [6, 6.07) is 20.4. The molecule has 7 heteroatoms. The van der Waals surface area contributed by atoms with Gasteiger partial charge in [-0.3, -0.25) is 0 Å². The highest BCUT2D eigenvalue weighted by molar-refractivity contribution is 6.99. The quantitative estimate of drug-likeness (QED) is 0.678. The van der Waals surface area contributed by atoms with Gasteiger partial charge in [0.25, 0.3) is 14.2 Å². The van der Waals surface area contributed by atoms with Crippen LogP contribution in [0.5, 0.6) is 0 Å². The lowest BCUT2D eigenvalue weighted by molar-refractivity contribution is -0.229. The van der Waals surface area contributed by atoms with Crippen molar-refractivity contribution in [3.8, 4) is 0 Å². The largest absolute Gasteiger partial charge is 0.405 e. The molecule has 1 aliphatic heterocycles. The predicted molar refractivity (Wildman–Crippen MR) is 115 cm³/mol. The molecule has 0 aromatic heterocycles. The van der Waals surface area contributed by atoms with Crippen LogP contribution in [0.2, 0.25) is 5.04 Å². The Balaban J connectivity index is 1.85. The Morgan fingerprint density at radius 1 is 0.933 bits per heavy atom. The standard InChI is InChI=1S/C23H30F2O4Si/c1-22(2,3)30(19-10-6-4-7-11-19,20-12-8-5-9-13-20)29-15-18-14-28-21(16-27-18)23(24,25)17-26/h4-13,18,21,26H,14-17H2,1-3H3. The number of ether oxygens (including phenoxy) is 2. The Hall–Kier alpha value is -1.64. The Kier molecular flexibility index (Phi) is 7.09.